The third-order valence-electron chi connectivity index (χ3n) is 10.1. The quantitative estimate of drug-likeness (QED) is 0.362. The molecule has 4 N–H and O–H groups in total. The molecule has 9 nitrogen and oxygen atoms in total. The Bertz CT molecular complexity index is 992. The van der Waals surface area contributed by atoms with E-state index in [1.54, 1.807) is 4.90 Å². The van der Waals surface area contributed by atoms with Gasteiger partial charge in [0.25, 0.3) is 5.91 Å². The van der Waals surface area contributed by atoms with Crippen molar-refractivity contribution in [1.29, 1.82) is 0 Å². The molecule has 1 saturated heterocycles. The van der Waals surface area contributed by atoms with E-state index in [2.05, 4.69) is 24.5 Å². The van der Waals surface area contributed by atoms with Crippen molar-refractivity contribution < 1.29 is 24.0 Å². The molecule has 4 fully saturated rings. The maximum atomic E-state index is 14.1. The second kappa shape index (κ2) is 11.2. The second-order valence-electron chi connectivity index (χ2n) is 14.3. The second-order valence-corrected chi connectivity index (χ2v) is 14.3. The summed E-state index contributed by atoms with van der Waals surface area (Å²) in [5.41, 5.74) is 4.68. The molecule has 0 aromatic carbocycles. The smallest absolute Gasteiger partial charge is 0.315 e. The van der Waals surface area contributed by atoms with Crippen LogP contribution in [0.5, 0.6) is 0 Å². The van der Waals surface area contributed by atoms with Crippen LogP contribution in [0.15, 0.2) is 0 Å². The molecule has 0 spiro atoms. The molecular formula is C30H48N4O5. The lowest BCUT2D eigenvalue weighted by Crippen LogP contribution is -2.60. The zero-order valence-electron chi connectivity index (χ0n) is 24.4. The lowest BCUT2D eigenvalue weighted by molar-refractivity contribution is -0.144. The number of piperidine rings is 1. The predicted octanol–water partition coefficient (Wildman–Crippen LogP) is 3.34. The number of amides is 4. The van der Waals surface area contributed by atoms with Crippen molar-refractivity contribution in [2.24, 2.45) is 40.2 Å². The van der Waals surface area contributed by atoms with Crippen LogP contribution >= 0.6 is 0 Å². The van der Waals surface area contributed by atoms with E-state index in [9.17, 15) is 24.0 Å². The molecule has 5 atom stereocenters. The minimum absolute atomic E-state index is 0.00123. The molecule has 1 aliphatic heterocycles. The summed E-state index contributed by atoms with van der Waals surface area (Å²) in [6.45, 7) is 10.4. The molecule has 39 heavy (non-hydrogen) atoms. The molecule has 0 aromatic heterocycles. The SMILES string of the molecule is CC1(C)C2CN(C(=O)[C@@H](NC(=O)NC3CCCCC3)C(C)(C)C)[C@H](C(=O)CC(CC3CCC3)C(=O)C(N)=O)C21. The number of hydrogen-bond acceptors (Lipinski definition) is 5. The number of ketones is 2. The maximum Gasteiger partial charge on any atom is 0.315 e. The first-order valence-corrected chi connectivity index (χ1v) is 15.0. The minimum atomic E-state index is -1.00. The summed E-state index contributed by atoms with van der Waals surface area (Å²) < 4.78 is 0. The van der Waals surface area contributed by atoms with Crippen LogP contribution in [-0.4, -0.2) is 59.0 Å². The van der Waals surface area contributed by atoms with Crippen LogP contribution in [0, 0.1) is 34.5 Å². The maximum absolute atomic E-state index is 14.1. The highest BCUT2D eigenvalue weighted by molar-refractivity contribution is 6.36. The van der Waals surface area contributed by atoms with E-state index in [1.165, 1.54) is 6.42 Å². The van der Waals surface area contributed by atoms with Gasteiger partial charge in [-0.1, -0.05) is 73.1 Å². The number of carbonyl (C=O) groups is 5. The fraction of sp³-hybridized carbons (Fsp3) is 0.833. The molecule has 0 radical (unpaired) electrons. The number of Topliss-reactive ketones (excluding diaryl/α,β-unsaturated/α-hetero) is 2. The number of nitrogens with two attached hydrogens (primary N) is 1. The summed E-state index contributed by atoms with van der Waals surface area (Å²) in [5, 5.41) is 5.98. The van der Waals surface area contributed by atoms with Crippen LogP contribution in [0.3, 0.4) is 0 Å². The van der Waals surface area contributed by atoms with Crippen LogP contribution < -0.4 is 16.4 Å². The first kappa shape index (κ1) is 29.5. The number of fused-ring (bicyclic) bond motifs is 1. The van der Waals surface area contributed by atoms with Gasteiger partial charge < -0.3 is 21.3 Å². The third kappa shape index (κ3) is 6.32. The van der Waals surface area contributed by atoms with E-state index in [-0.39, 0.29) is 47.4 Å². The Morgan fingerprint density at radius 3 is 2.15 bits per heavy atom. The molecule has 3 saturated carbocycles. The van der Waals surface area contributed by atoms with Crippen molar-refractivity contribution >= 4 is 29.4 Å². The van der Waals surface area contributed by atoms with Crippen molar-refractivity contribution in [3.63, 3.8) is 0 Å². The summed E-state index contributed by atoms with van der Waals surface area (Å²) in [6.07, 6.45) is 8.71. The van der Waals surface area contributed by atoms with E-state index in [0.29, 0.717) is 18.9 Å². The lowest BCUT2D eigenvalue weighted by atomic mass is 9.76. The molecule has 4 aliphatic rings. The molecule has 0 bridgehead atoms. The number of nitrogens with zero attached hydrogens (tertiary/aromatic N) is 1. The monoisotopic (exact) mass is 544 g/mol. The fourth-order valence-corrected chi connectivity index (χ4v) is 7.28. The first-order chi connectivity index (χ1) is 18.2. The first-order valence-electron chi connectivity index (χ1n) is 15.0. The topological polar surface area (TPSA) is 139 Å². The number of likely N-dealkylation sites (tertiary alicyclic amines) is 1. The number of carbonyl (C=O) groups excluding carboxylic acids is 5. The van der Waals surface area contributed by atoms with Crippen LogP contribution in [0.25, 0.3) is 0 Å². The highest BCUT2D eigenvalue weighted by Crippen LogP contribution is 2.65. The Morgan fingerprint density at radius 2 is 1.62 bits per heavy atom. The van der Waals surface area contributed by atoms with Gasteiger partial charge in [-0.2, -0.15) is 0 Å². The molecule has 1 heterocycles. The van der Waals surface area contributed by atoms with Crippen molar-refractivity contribution in [3.05, 3.63) is 0 Å². The van der Waals surface area contributed by atoms with E-state index in [0.717, 1.165) is 44.9 Å². The summed E-state index contributed by atoms with van der Waals surface area (Å²) in [5.74, 6) is -2.36. The molecular weight excluding hydrogens is 496 g/mol. The molecule has 9 heteroatoms. The number of nitrogens with one attached hydrogen (secondary N) is 2. The summed E-state index contributed by atoms with van der Waals surface area (Å²) in [7, 11) is 0. The van der Waals surface area contributed by atoms with Gasteiger partial charge in [0.1, 0.15) is 6.04 Å². The van der Waals surface area contributed by atoms with Gasteiger partial charge in [-0.05, 0) is 47.8 Å². The third-order valence-corrected chi connectivity index (χ3v) is 10.1. The average Bonchev–Trinajstić information content (AvgIpc) is 3.15. The minimum Gasteiger partial charge on any atom is -0.363 e. The van der Waals surface area contributed by atoms with Gasteiger partial charge in [0, 0.05) is 24.9 Å². The van der Waals surface area contributed by atoms with Gasteiger partial charge in [0.15, 0.2) is 5.78 Å². The Morgan fingerprint density at radius 1 is 0.974 bits per heavy atom. The van der Waals surface area contributed by atoms with Crippen LogP contribution in [0.4, 0.5) is 4.79 Å². The molecule has 3 aliphatic carbocycles. The predicted molar refractivity (Wildman–Crippen MR) is 147 cm³/mol. The molecule has 4 amide bonds. The van der Waals surface area contributed by atoms with Crippen molar-refractivity contribution in [2.75, 3.05) is 6.54 Å². The van der Waals surface area contributed by atoms with E-state index in [4.69, 9.17) is 5.73 Å². The summed E-state index contributed by atoms with van der Waals surface area (Å²) >= 11 is 0. The molecule has 218 valence electrons. The zero-order valence-corrected chi connectivity index (χ0v) is 24.4. The Labute approximate surface area is 232 Å². The van der Waals surface area contributed by atoms with Gasteiger partial charge in [-0.25, -0.2) is 4.79 Å². The molecule has 0 aromatic rings. The van der Waals surface area contributed by atoms with Crippen LogP contribution in [0.1, 0.15) is 98.8 Å². The van der Waals surface area contributed by atoms with Gasteiger partial charge in [0.2, 0.25) is 11.7 Å². The fourth-order valence-electron chi connectivity index (χ4n) is 7.28. The number of primary amides is 1. The molecule has 3 unspecified atom stereocenters. The summed E-state index contributed by atoms with van der Waals surface area (Å²) in [6, 6.07) is -1.72. The van der Waals surface area contributed by atoms with Crippen molar-refractivity contribution in [2.45, 2.75) is 117 Å². The van der Waals surface area contributed by atoms with Gasteiger partial charge in [-0.15, -0.1) is 0 Å². The van der Waals surface area contributed by atoms with E-state index < -0.39 is 35.1 Å². The Balaban J connectivity index is 1.50. The van der Waals surface area contributed by atoms with Crippen LogP contribution in [-0.2, 0) is 19.2 Å². The average molecular weight is 545 g/mol. The van der Waals surface area contributed by atoms with Crippen molar-refractivity contribution in [3.8, 4) is 0 Å². The number of rotatable bonds is 10. The normalized spacial score (nSPS) is 28.0. The van der Waals surface area contributed by atoms with Crippen molar-refractivity contribution in [1.82, 2.24) is 15.5 Å². The summed E-state index contributed by atoms with van der Waals surface area (Å²) in [4.78, 5) is 67.0. The Kier molecular flexibility index (Phi) is 8.48. The molecule has 4 rings (SSSR count). The highest BCUT2D eigenvalue weighted by atomic mass is 16.2. The van der Waals surface area contributed by atoms with Gasteiger partial charge >= 0.3 is 6.03 Å². The Hall–Kier alpha value is -2.45. The highest BCUT2D eigenvalue weighted by Gasteiger charge is 2.69. The zero-order chi connectivity index (χ0) is 28.7. The number of hydrogen-bond donors (Lipinski definition) is 3. The van der Waals surface area contributed by atoms with E-state index >= 15 is 0 Å². The largest absolute Gasteiger partial charge is 0.363 e. The standard InChI is InChI=1S/C30H48N4O5/c1-29(2,3)25(33-28(39)32-19-12-7-6-8-13-19)27(38)34-16-20-22(30(20,4)5)23(34)21(35)15-18(24(36)26(31)37)14-17-10-9-11-17/h17-20,22-23,25H,6-16H2,1-5H3,(H2,31,37)(H2,32,33,39)/t18?,20?,22?,23-,25-/m1/s1. The number of urea groups is 1. The van der Waals surface area contributed by atoms with E-state index in [1.807, 2.05) is 20.8 Å². The van der Waals surface area contributed by atoms with Gasteiger partial charge in [0.05, 0.1) is 6.04 Å². The van der Waals surface area contributed by atoms with Gasteiger partial charge in [-0.3, -0.25) is 19.2 Å². The van der Waals surface area contributed by atoms with Crippen LogP contribution in [0.2, 0.25) is 0 Å². The lowest BCUT2D eigenvalue weighted by Gasteiger charge is -2.38.